The standard InChI is InChI=1S/C13H24N2/c1-3-4-5-11(2)14-12-8-9-15(10-12)13-6-7-13/h3,11-14H,1,4-10H2,2H3. The summed E-state index contributed by atoms with van der Waals surface area (Å²) in [5, 5.41) is 3.74. The first-order valence-corrected chi connectivity index (χ1v) is 6.40. The van der Waals surface area contributed by atoms with E-state index >= 15 is 0 Å². The quantitative estimate of drug-likeness (QED) is 0.673. The SMILES string of the molecule is C=CCCC(C)NC1CCN(C2CC2)C1. The van der Waals surface area contributed by atoms with Crippen LogP contribution in [0.3, 0.4) is 0 Å². The van der Waals surface area contributed by atoms with Gasteiger partial charge in [-0.05, 0) is 39.0 Å². The number of nitrogens with one attached hydrogen (secondary N) is 1. The largest absolute Gasteiger partial charge is 0.310 e. The highest BCUT2D eigenvalue weighted by Gasteiger charge is 2.34. The van der Waals surface area contributed by atoms with Crippen LogP contribution in [-0.2, 0) is 0 Å². The maximum Gasteiger partial charge on any atom is 0.0209 e. The summed E-state index contributed by atoms with van der Waals surface area (Å²) in [6.07, 6.45) is 8.60. The van der Waals surface area contributed by atoms with Crippen molar-refractivity contribution in [1.82, 2.24) is 10.2 Å². The van der Waals surface area contributed by atoms with Gasteiger partial charge in [0.1, 0.15) is 0 Å². The summed E-state index contributed by atoms with van der Waals surface area (Å²) >= 11 is 0. The predicted octanol–water partition coefficient (Wildman–Crippen LogP) is 2.17. The molecule has 1 aliphatic heterocycles. The second kappa shape index (κ2) is 5.13. The van der Waals surface area contributed by atoms with Gasteiger partial charge >= 0.3 is 0 Å². The van der Waals surface area contributed by atoms with Crippen molar-refractivity contribution in [3.63, 3.8) is 0 Å². The van der Waals surface area contributed by atoms with E-state index in [0.717, 1.165) is 18.5 Å². The van der Waals surface area contributed by atoms with Gasteiger partial charge in [-0.25, -0.2) is 0 Å². The summed E-state index contributed by atoms with van der Waals surface area (Å²) < 4.78 is 0. The molecule has 2 heteroatoms. The molecule has 1 N–H and O–H groups in total. The fraction of sp³-hybridized carbons (Fsp3) is 0.846. The Morgan fingerprint density at radius 1 is 1.47 bits per heavy atom. The number of likely N-dealkylation sites (tertiary alicyclic amines) is 1. The maximum absolute atomic E-state index is 3.77. The summed E-state index contributed by atoms with van der Waals surface area (Å²) in [7, 11) is 0. The van der Waals surface area contributed by atoms with Gasteiger partial charge in [0.05, 0.1) is 0 Å². The van der Waals surface area contributed by atoms with Crippen molar-refractivity contribution in [3.8, 4) is 0 Å². The molecule has 0 radical (unpaired) electrons. The van der Waals surface area contributed by atoms with Crippen LogP contribution < -0.4 is 5.32 Å². The monoisotopic (exact) mass is 208 g/mol. The Morgan fingerprint density at radius 3 is 2.93 bits per heavy atom. The first-order valence-electron chi connectivity index (χ1n) is 6.40. The summed E-state index contributed by atoms with van der Waals surface area (Å²) in [5.41, 5.74) is 0. The van der Waals surface area contributed by atoms with E-state index in [1.54, 1.807) is 0 Å². The molecule has 0 aromatic rings. The van der Waals surface area contributed by atoms with Crippen molar-refractivity contribution in [1.29, 1.82) is 0 Å². The molecule has 1 saturated carbocycles. The van der Waals surface area contributed by atoms with Crippen LogP contribution in [0.2, 0.25) is 0 Å². The van der Waals surface area contributed by atoms with Crippen LogP contribution in [0.25, 0.3) is 0 Å². The number of nitrogens with zero attached hydrogens (tertiary/aromatic N) is 1. The van der Waals surface area contributed by atoms with Gasteiger partial charge in [0.2, 0.25) is 0 Å². The lowest BCUT2D eigenvalue weighted by atomic mass is 10.1. The van der Waals surface area contributed by atoms with E-state index in [2.05, 4.69) is 23.7 Å². The van der Waals surface area contributed by atoms with E-state index in [1.165, 1.54) is 38.8 Å². The van der Waals surface area contributed by atoms with E-state index in [4.69, 9.17) is 0 Å². The Balaban J connectivity index is 1.64. The molecule has 2 fully saturated rings. The molecule has 2 unspecified atom stereocenters. The second-order valence-electron chi connectivity index (χ2n) is 5.15. The molecule has 0 aromatic heterocycles. The first-order chi connectivity index (χ1) is 7.29. The van der Waals surface area contributed by atoms with E-state index < -0.39 is 0 Å². The average Bonchev–Trinajstić information content (AvgIpc) is 2.98. The van der Waals surface area contributed by atoms with E-state index in [1.807, 2.05) is 6.08 Å². The van der Waals surface area contributed by atoms with Gasteiger partial charge in [0.15, 0.2) is 0 Å². The molecule has 86 valence electrons. The van der Waals surface area contributed by atoms with Crippen molar-refractivity contribution < 1.29 is 0 Å². The molecular weight excluding hydrogens is 184 g/mol. The smallest absolute Gasteiger partial charge is 0.0209 e. The zero-order valence-corrected chi connectivity index (χ0v) is 9.91. The van der Waals surface area contributed by atoms with Crippen LogP contribution in [0.1, 0.15) is 39.0 Å². The van der Waals surface area contributed by atoms with Crippen LogP contribution in [0.4, 0.5) is 0 Å². The van der Waals surface area contributed by atoms with E-state index in [0.29, 0.717) is 6.04 Å². The average molecular weight is 208 g/mol. The lowest BCUT2D eigenvalue weighted by Crippen LogP contribution is -2.38. The first kappa shape index (κ1) is 11.2. The Labute approximate surface area is 93.7 Å². The lowest BCUT2D eigenvalue weighted by molar-refractivity contribution is 0.312. The number of rotatable bonds is 6. The number of hydrogen-bond donors (Lipinski definition) is 1. The fourth-order valence-corrected chi connectivity index (χ4v) is 2.55. The fourth-order valence-electron chi connectivity index (χ4n) is 2.55. The Hall–Kier alpha value is -0.340. The molecule has 15 heavy (non-hydrogen) atoms. The normalized spacial score (nSPS) is 29.3. The summed E-state index contributed by atoms with van der Waals surface area (Å²) in [6.45, 7) is 8.66. The zero-order chi connectivity index (χ0) is 10.7. The van der Waals surface area contributed by atoms with Crippen LogP contribution in [0.5, 0.6) is 0 Å². The van der Waals surface area contributed by atoms with Gasteiger partial charge in [-0.1, -0.05) is 6.08 Å². The molecule has 0 amide bonds. The van der Waals surface area contributed by atoms with Gasteiger partial charge in [-0.15, -0.1) is 6.58 Å². The number of hydrogen-bond acceptors (Lipinski definition) is 2. The third-order valence-corrected chi connectivity index (χ3v) is 3.61. The minimum absolute atomic E-state index is 0.646. The molecule has 0 spiro atoms. The second-order valence-corrected chi connectivity index (χ2v) is 5.15. The third-order valence-electron chi connectivity index (χ3n) is 3.61. The molecule has 0 aromatic carbocycles. The minimum Gasteiger partial charge on any atom is -0.310 e. The summed E-state index contributed by atoms with van der Waals surface area (Å²) in [4.78, 5) is 2.66. The van der Waals surface area contributed by atoms with Crippen LogP contribution in [0, 0.1) is 0 Å². The molecular formula is C13H24N2. The molecule has 1 saturated heterocycles. The van der Waals surface area contributed by atoms with Gasteiger partial charge in [0.25, 0.3) is 0 Å². The van der Waals surface area contributed by atoms with Crippen LogP contribution in [-0.4, -0.2) is 36.1 Å². The van der Waals surface area contributed by atoms with Crippen molar-refractivity contribution in [2.24, 2.45) is 0 Å². The van der Waals surface area contributed by atoms with Crippen LogP contribution in [0.15, 0.2) is 12.7 Å². The van der Waals surface area contributed by atoms with Crippen molar-refractivity contribution in [2.75, 3.05) is 13.1 Å². The Bertz CT molecular complexity index is 211. The van der Waals surface area contributed by atoms with Crippen LogP contribution >= 0.6 is 0 Å². The predicted molar refractivity (Wildman–Crippen MR) is 65.0 cm³/mol. The molecule has 1 heterocycles. The Kier molecular flexibility index (Phi) is 3.81. The topological polar surface area (TPSA) is 15.3 Å². The molecule has 1 aliphatic carbocycles. The van der Waals surface area contributed by atoms with Gasteiger partial charge in [-0.3, -0.25) is 4.90 Å². The highest BCUT2D eigenvalue weighted by molar-refractivity contribution is 4.92. The molecule has 2 atom stereocenters. The zero-order valence-electron chi connectivity index (χ0n) is 9.91. The summed E-state index contributed by atoms with van der Waals surface area (Å²) in [5.74, 6) is 0. The van der Waals surface area contributed by atoms with Crippen molar-refractivity contribution in [2.45, 2.75) is 57.2 Å². The van der Waals surface area contributed by atoms with Gasteiger partial charge in [0, 0.05) is 31.2 Å². The van der Waals surface area contributed by atoms with Gasteiger partial charge < -0.3 is 5.32 Å². The highest BCUT2D eigenvalue weighted by atomic mass is 15.2. The molecule has 2 nitrogen and oxygen atoms in total. The highest BCUT2D eigenvalue weighted by Crippen LogP contribution is 2.29. The minimum atomic E-state index is 0.646. The Morgan fingerprint density at radius 2 is 2.27 bits per heavy atom. The molecule has 2 aliphatic rings. The van der Waals surface area contributed by atoms with E-state index in [9.17, 15) is 0 Å². The third kappa shape index (κ3) is 3.32. The van der Waals surface area contributed by atoms with Gasteiger partial charge in [-0.2, -0.15) is 0 Å². The maximum atomic E-state index is 3.77. The van der Waals surface area contributed by atoms with Crippen molar-refractivity contribution >= 4 is 0 Å². The van der Waals surface area contributed by atoms with Crippen molar-refractivity contribution in [3.05, 3.63) is 12.7 Å². The summed E-state index contributed by atoms with van der Waals surface area (Å²) in [6, 6.07) is 2.33. The lowest BCUT2D eigenvalue weighted by Gasteiger charge is -2.20. The van der Waals surface area contributed by atoms with E-state index in [-0.39, 0.29) is 0 Å². The number of allylic oxidation sites excluding steroid dienone is 1. The molecule has 0 bridgehead atoms. The molecule has 2 rings (SSSR count).